The van der Waals surface area contributed by atoms with E-state index in [0.29, 0.717) is 27.1 Å². The SMILES string of the molecule is COC(=O)C1=C(CN2CC(F)(F)CC2CC(C)C(=O)O)NC(c2nccs2)=N[C@H]1c1ccc(Cl)cc1Cl. The Balaban J connectivity index is 1.79. The maximum Gasteiger partial charge on any atom is 0.338 e. The molecule has 1 saturated heterocycles. The van der Waals surface area contributed by atoms with E-state index in [1.54, 1.807) is 23.7 Å². The first-order valence-electron chi connectivity index (χ1n) is 11.3. The standard InChI is InChI=1S/C24H24Cl2F2N4O4S/c1-12(22(33)34)7-14-9-24(27,28)11-32(14)10-17-18(23(35)36-2)19(15-4-3-13(25)8-16(15)26)31-20(30-17)21-29-5-6-37-21/h3-6,8,12,14,19H,7,9-11H2,1-2H3,(H,30,31)(H,33,34)/t12?,14?,19-/m0/s1. The molecule has 198 valence electrons. The highest BCUT2D eigenvalue weighted by Crippen LogP contribution is 2.40. The third-order valence-electron chi connectivity index (χ3n) is 6.32. The zero-order valence-electron chi connectivity index (χ0n) is 19.9. The molecule has 3 heterocycles. The monoisotopic (exact) mass is 572 g/mol. The Morgan fingerprint density at radius 1 is 1.38 bits per heavy atom. The first kappa shape index (κ1) is 27.4. The van der Waals surface area contributed by atoms with Crippen LogP contribution < -0.4 is 5.32 Å². The lowest BCUT2D eigenvalue weighted by atomic mass is 9.94. The van der Waals surface area contributed by atoms with E-state index in [4.69, 9.17) is 32.9 Å². The van der Waals surface area contributed by atoms with Gasteiger partial charge < -0.3 is 15.2 Å². The molecule has 2 aliphatic rings. The zero-order valence-corrected chi connectivity index (χ0v) is 22.2. The van der Waals surface area contributed by atoms with Gasteiger partial charge in [-0.2, -0.15) is 0 Å². The van der Waals surface area contributed by atoms with Gasteiger partial charge in [-0.15, -0.1) is 11.3 Å². The number of esters is 1. The molecule has 0 spiro atoms. The van der Waals surface area contributed by atoms with E-state index in [0.717, 1.165) is 0 Å². The second-order valence-electron chi connectivity index (χ2n) is 8.99. The zero-order chi connectivity index (χ0) is 26.9. The van der Waals surface area contributed by atoms with Gasteiger partial charge in [0.25, 0.3) is 5.92 Å². The van der Waals surface area contributed by atoms with Gasteiger partial charge in [0.1, 0.15) is 6.04 Å². The van der Waals surface area contributed by atoms with Gasteiger partial charge in [-0.05, 0) is 18.6 Å². The minimum Gasteiger partial charge on any atom is -0.481 e. The normalized spacial score (nSPS) is 22.4. The summed E-state index contributed by atoms with van der Waals surface area (Å²) in [6, 6.07) is 3.15. The molecule has 2 N–H and O–H groups in total. The van der Waals surface area contributed by atoms with E-state index in [9.17, 15) is 23.5 Å². The van der Waals surface area contributed by atoms with Crippen LogP contribution in [-0.2, 0) is 14.3 Å². The highest BCUT2D eigenvalue weighted by atomic mass is 35.5. The fourth-order valence-electron chi connectivity index (χ4n) is 4.56. The molecule has 2 aromatic rings. The van der Waals surface area contributed by atoms with Crippen molar-refractivity contribution in [1.82, 2.24) is 15.2 Å². The largest absolute Gasteiger partial charge is 0.481 e. The highest BCUT2D eigenvalue weighted by Gasteiger charge is 2.46. The van der Waals surface area contributed by atoms with Crippen LogP contribution in [0.3, 0.4) is 0 Å². The summed E-state index contributed by atoms with van der Waals surface area (Å²) >= 11 is 13.9. The number of halogens is 4. The van der Waals surface area contributed by atoms with Gasteiger partial charge in [0.2, 0.25) is 0 Å². The molecular formula is C24H24Cl2F2N4O4S. The second-order valence-corrected chi connectivity index (χ2v) is 10.7. The van der Waals surface area contributed by atoms with Crippen molar-refractivity contribution >= 4 is 52.3 Å². The van der Waals surface area contributed by atoms with Crippen molar-refractivity contribution in [2.24, 2.45) is 10.9 Å². The third-order valence-corrected chi connectivity index (χ3v) is 7.66. The van der Waals surface area contributed by atoms with Gasteiger partial charge in [-0.25, -0.2) is 18.6 Å². The van der Waals surface area contributed by atoms with Gasteiger partial charge in [0.05, 0.1) is 25.1 Å². The lowest BCUT2D eigenvalue weighted by Gasteiger charge is -2.31. The molecule has 13 heteroatoms. The van der Waals surface area contributed by atoms with Crippen LogP contribution >= 0.6 is 34.5 Å². The molecule has 37 heavy (non-hydrogen) atoms. The summed E-state index contributed by atoms with van der Waals surface area (Å²) < 4.78 is 34.1. The van der Waals surface area contributed by atoms with E-state index in [2.05, 4.69) is 10.3 Å². The van der Waals surface area contributed by atoms with Gasteiger partial charge in [0, 0.05) is 51.9 Å². The Morgan fingerprint density at radius 3 is 2.76 bits per heavy atom. The fraction of sp³-hybridized carbons (Fsp3) is 0.417. The lowest BCUT2D eigenvalue weighted by molar-refractivity contribution is -0.141. The molecule has 3 atom stereocenters. The van der Waals surface area contributed by atoms with Crippen LogP contribution in [0.1, 0.15) is 36.4 Å². The minimum atomic E-state index is -3.01. The predicted octanol–water partition coefficient (Wildman–Crippen LogP) is 4.79. The fourth-order valence-corrected chi connectivity index (χ4v) is 5.66. The number of aromatic nitrogens is 1. The average Bonchev–Trinajstić information content (AvgIpc) is 3.46. The number of amidine groups is 1. The van der Waals surface area contributed by atoms with Crippen molar-refractivity contribution < 1.29 is 28.2 Å². The summed E-state index contributed by atoms with van der Waals surface area (Å²) in [4.78, 5) is 35.0. The number of rotatable bonds is 8. The maximum atomic E-state index is 14.5. The number of carboxylic acids is 1. The maximum absolute atomic E-state index is 14.5. The van der Waals surface area contributed by atoms with Crippen LogP contribution in [0.5, 0.6) is 0 Å². The molecule has 4 rings (SSSR count). The summed E-state index contributed by atoms with van der Waals surface area (Å²) in [5.41, 5.74) is 0.878. The number of methoxy groups -OCH3 is 1. The van der Waals surface area contributed by atoms with Crippen LogP contribution in [-0.4, -0.2) is 64.9 Å². The minimum absolute atomic E-state index is 0.0334. The number of carbonyl (C=O) groups excluding carboxylic acids is 1. The number of hydrogen-bond acceptors (Lipinski definition) is 8. The predicted molar refractivity (Wildman–Crippen MR) is 136 cm³/mol. The molecule has 1 aromatic carbocycles. The topological polar surface area (TPSA) is 104 Å². The third kappa shape index (κ3) is 6.11. The molecule has 2 aliphatic heterocycles. The summed E-state index contributed by atoms with van der Waals surface area (Å²) in [5, 5.41) is 15.4. The molecule has 1 aromatic heterocycles. The van der Waals surface area contributed by atoms with E-state index >= 15 is 0 Å². The van der Waals surface area contributed by atoms with Gasteiger partial charge in [-0.1, -0.05) is 36.2 Å². The smallest absolute Gasteiger partial charge is 0.338 e. The molecule has 0 saturated carbocycles. The first-order valence-corrected chi connectivity index (χ1v) is 13.0. The quantitative estimate of drug-likeness (QED) is 0.438. The van der Waals surface area contributed by atoms with E-state index < -0.39 is 48.8 Å². The number of carbonyl (C=O) groups is 2. The Morgan fingerprint density at radius 2 is 2.14 bits per heavy atom. The Hall–Kier alpha value is -2.60. The van der Waals surface area contributed by atoms with Crippen LogP contribution in [0.25, 0.3) is 0 Å². The Bertz CT molecular complexity index is 1260. The summed E-state index contributed by atoms with van der Waals surface area (Å²) in [6.45, 7) is 0.809. The summed E-state index contributed by atoms with van der Waals surface area (Å²) in [7, 11) is 1.22. The Labute approximate surface area is 225 Å². The van der Waals surface area contributed by atoms with Crippen LogP contribution in [0.4, 0.5) is 8.78 Å². The first-order chi connectivity index (χ1) is 17.5. The number of benzene rings is 1. The van der Waals surface area contributed by atoms with Crippen LogP contribution in [0.15, 0.2) is 46.0 Å². The summed E-state index contributed by atoms with van der Waals surface area (Å²) in [6.07, 6.45) is 1.15. The Kier molecular flexibility index (Phi) is 8.17. The number of nitrogens with one attached hydrogen (secondary N) is 1. The molecule has 0 aliphatic carbocycles. The number of aliphatic carboxylic acids is 1. The number of thiazole rings is 1. The molecule has 1 fully saturated rings. The van der Waals surface area contributed by atoms with E-state index in [1.807, 2.05) is 0 Å². The molecule has 8 nitrogen and oxygen atoms in total. The molecule has 0 bridgehead atoms. The molecular weight excluding hydrogens is 549 g/mol. The second kappa shape index (κ2) is 11.0. The molecule has 2 unspecified atom stereocenters. The number of nitrogens with zero attached hydrogens (tertiary/aromatic N) is 3. The number of ether oxygens (including phenoxy) is 1. The van der Waals surface area contributed by atoms with Gasteiger partial charge >= 0.3 is 11.9 Å². The van der Waals surface area contributed by atoms with Crippen molar-refractivity contribution in [2.75, 3.05) is 20.2 Å². The van der Waals surface area contributed by atoms with Gasteiger partial charge in [-0.3, -0.25) is 14.7 Å². The van der Waals surface area contributed by atoms with Gasteiger partial charge in [0.15, 0.2) is 10.8 Å². The van der Waals surface area contributed by atoms with E-state index in [-0.39, 0.29) is 23.6 Å². The van der Waals surface area contributed by atoms with Crippen molar-refractivity contribution in [3.8, 4) is 0 Å². The average molecular weight is 573 g/mol. The van der Waals surface area contributed by atoms with Crippen molar-refractivity contribution in [2.45, 2.75) is 37.8 Å². The molecule has 0 amide bonds. The lowest BCUT2D eigenvalue weighted by Crippen LogP contribution is -2.42. The van der Waals surface area contributed by atoms with Crippen LogP contribution in [0.2, 0.25) is 10.0 Å². The van der Waals surface area contributed by atoms with Crippen LogP contribution in [0, 0.1) is 5.92 Å². The number of carboxylic acid groups (broad SMARTS) is 1. The molecule has 0 radical (unpaired) electrons. The number of alkyl halides is 2. The number of aliphatic imine (C=N–C) groups is 1. The number of hydrogen-bond donors (Lipinski definition) is 2. The summed E-state index contributed by atoms with van der Waals surface area (Å²) in [5.74, 6) is -5.25. The van der Waals surface area contributed by atoms with Crippen molar-refractivity contribution in [3.05, 3.63) is 61.7 Å². The highest BCUT2D eigenvalue weighted by molar-refractivity contribution is 7.11. The van der Waals surface area contributed by atoms with Crippen molar-refractivity contribution in [3.63, 3.8) is 0 Å². The van der Waals surface area contributed by atoms with Crippen molar-refractivity contribution in [1.29, 1.82) is 0 Å². The number of likely N-dealkylation sites (tertiary alicyclic amines) is 1. The van der Waals surface area contributed by atoms with E-state index in [1.165, 1.54) is 36.3 Å².